The number of methoxy groups -OCH3 is 1. The van der Waals surface area contributed by atoms with Crippen LogP contribution in [-0.2, 0) is 4.74 Å². The molecule has 0 bridgehead atoms. The van der Waals surface area contributed by atoms with E-state index in [4.69, 9.17) is 9.47 Å². The van der Waals surface area contributed by atoms with Gasteiger partial charge in [-0.2, -0.15) is 18.3 Å². The van der Waals surface area contributed by atoms with Crippen LogP contribution in [0.2, 0.25) is 0 Å². The molecule has 2 atom stereocenters. The fourth-order valence-corrected chi connectivity index (χ4v) is 2.92. The zero-order chi connectivity index (χ0) is 20.5. The first-order valence-electron chi connectivity index (χ1n) is 8.46. The number of nitrogens with zero attached hydrogens (tertiary/aromatic N) is 2. The predicted octanol–water partition coefficient (Wildman–Crippen LogP) is 3.24. The molecular weight excluding hydrogens is 379 g/mol. The highest BCUT2D eigenvalue weighted by atomic mass is 19.4. The second-order valence-electron chi connectivity index (χ2n) is 6.43. The summed E-state index contributed by atoms with van der Waals surface area (Å²) in [6.45, 7) is 1.06. The molecule has 1 aromatic heterocycles. The van der Waals surface area contributed by atoms with Crippen molar-refractivity contribution >= 4 is 17.6 Å². The Morgan fingerprint density at radius 2 is 1.96 bits per heavy atom. The Kier molecular flexibility index (Phi) is 5.30. The quantitative estimate of drug-likeness (QED) is 0.616. The number of carbonyl (C=O) groups is 2. The molecule has 0 radical (unpaired) electrons. The lowest BCUT2D eigenvalue weighted by molar-refractivity contribution is -0.173. The van der Waals surface area contributed by atoms with Crippen LogP contribution in [0.15, 0.2) is 30.3 Å². The van der Waals surface area contributed by atoms with Crippen LogP contribution < -0.4 is 10.1 Å². The summed E-state index contributed by atoms with van der Waals surface area (Å²) in [5.74, 6) is -0.786. The van der Waals surface area contributed by atoms with Crippen molar-refractivity contribution in [2.24, 2.45) is 0 Å². The lowest BCUT2D eigenvalue weighted by atomic mass is 10.1. The Bertz CT molecular complexity index is 877. The lowest BCUT2D eigenvalue weighted by Gasteiger charge is -2.31. The van der Waals surface area contributed by atoms with E-state index in [2.05, 4.69) is 10.4 Å². The number of halogens is 3. The van der Waals surface area contributed by atoms with Gasteiger partial charge in [0.1, 0.15) is 11.6 Å². The van der Waals surface area contributed by atoms with Crippen molar-refractivity contribution < 1.29 is 32.2 Å². The molecule has 1 aliphatic rings. The number of fused-ring (bicyclic) bond motifs is 1. The SMILES string of the molecule is COc1ccc(C(=O)COC(=O)c2cc3n(n2)[C@@H](C(F)(F)F)C[C@@H](C)N3)cc1. The molecule has 28 heavy (non-hydrogen) atoms. The number of ketones is 1. The van der Waals surface area contributed by atoms with Crippen LogP contribution in [-0.4, -0.2) is 47.5 Å². The van der Waals surface area contributed by atoms with Gasteiger partial charge in [0, 0.05) is 17.7 Å². The maximum Gasteiger partial charge on any atom is 0.410 e. The van der Waals surface area contributed by atoms with Crippen molar-refractivity contribution in [3.63, 3.8) is 0 Å². The van der Waals surface area contributed by atoms with Crippen molar-refractivity contribution in [3.05, 3.63) is 41.6 Å². The van der Waals surface area contributed by atoms with Gasteiger partial charge >= 0.3 is 12.1 Å². The third-order valence-corrected chi connectivity index (χ3v) is 4.34. The van der Waals surface area contributed by atoms with Gasteiger partial charge < -0.3 is 14.8 Å². The zero-order valence-electron chi connectivity index (χ0n) is 15.1. The molecule has 0 aliphatic carbocycles. The monoisotopic (exact) mass is 397 g/mol. The molecule has 0 spiro atoms. The van der Waals surface area contributed by atoms with E-state index in [-0.39, 0.29) is 17.9 Å². The largest absolute Gasteiger partial charge is 0.497 e. The highest BCUT2D eigenvalue weighted by molar-refractivity contribution is 5.99. The number of anilines is 1. The Balaban J connectivity index is 1.69. The van der Waals surface area contributed by atoms with Gasteiger partial charge in [-0.05, 0) is 37.6 Å². The molecule has 1 N–H and O–H groups in total. The van der Waals surface area contributed by atoms with Crippen LogP contribution in [0.5, 0.6) is 5.75 Å². The van der Waals surface area contributed by atoms with Gasteiger partial charge in [0.05, 0.1) is 7.11 Å². The zero-order valence-corrected chi connectivity index (χ0v) is 15.1. The first-order valence-corrected chi connectivity index (χ1v) is 8.46. The van der Waals surface area contributed by atoms with Gasteiger partial charge in [-0.3, -0.25) is 4.79 Å². The minimum atomic E-state index is -4.50. The van der Waals surface area contributed by atoms with Crippen LogP contribution in [0.1, 0.15) is 40.2 Å². The fourth-order valence-electron chi connectivity index (χ4n) is 2.92. The number of nitrogens with one attached hydrogen (secondary N) is 1. The van der Waals surface area contributed by atoms with Gasteiger partial charge in [-0.15, -0.1) is 0 Å². The van der Waals surface area contributed by atoms with Crippen molar-refractivity contribution in [2.45, 2.75) is 31.6 Å². The number of rotatable bonds is 5. The van der Waals surface area contributed by atoms with Crippen LogP contribution in [0.4, 0.5) is 19.0 Å². The molecule has 2 aromatic rings. The average molecular weight is 397 g/mol. The maximum absolute atomic E-state index is 13.2. The number of Topliss-reactive ketones (excluding diaryl/α,β-unsaturated/α-hetero) is 1. The second kappa shape index (κ2) is 7.53. The number of alkyl halides is 3. The molecule has 3 rings (SSSR count). The average Bonchev–Trinajstić information content (AvgIpc) is 3.08. The van der Waals surface area contributed by atoms with Gasteiger partial charge in [-0.1, -0.05) is 0 Å². The third-order valence-electron chi connectivity index (χ3n) is 4.34. The van der Waals surface area contributed by atoms with E-state index in [0.717, 1.165) is 4.68 Å². The molecule has 0 saturated heterocycles. The number of ether oxygens (including phenoxy) is 2. The number of benzene rings is 1. The maximum atomic E-state index is 13.2. The summed E-state index contributed by atoms with van der Waals surface area (Å²) in [5.41, 5.74) is 0.0127. The molecule has 1 aromatic carbocycles. The Morgan fingerprint density at radius 3 is 2.57 bits per heavy atom. The van der Waals surface area contributed by atoms with Crippen molar-refractivity contribution in [2.75, 3.05) is 19.0 Å². The van der Waals surface area contributed by atoms with Crippen molar-refractivity contribution in [3.8, 4) is 5.75 Å². The van der Waals surface area contributed by atoms with E-state index in [0.29, 0.717) is 11.3 Å². The number of aromatic nitrogens is 2. The van der Waals surface area contributed by atoms with Crippen molar-refractivity contribution in [1.29, 1.82) is 0 Å². The van der Waals surface area contributed by atoms with Gasteiger partial charge in [-0.25, -0.2) is 9.48 Å². The number of carbonyl (C=O) groups excluding carboxylic acids is 2. The van der Waals surface area contributed by atoms with E-state index in [1.165, 1.54) is 25.3 Å². The number of hydrogen-bond acceptors (Lipinski definition) is 6. The van der Waals surface area contributed by atoms with E-state index >= 15 is 0 Å². The lowest BCUT2D eigenvalue weighted by Crippen LogP contribution is -2.37. The van der Waals surface area contributed by atoms with Gasteiger partial charge in [0.25, 0.3) is 0 Å². The Labute approximate surface area is 158 Å². The first-order chi connectivity index (χ1) is 13.2. The van der Waals surface area contributed by atoms with Crippen LogP contribution in [0, 0.1) is 0 Å². The van der Waals surface area contributed by atoms with E-state index in [1.807, 2.05) is 0 Å². The van der Waals surface area contributed by atoms with E-state index in [1.54, 1.807) is 19.1 Å². The summed E-state index contributed by atoms with van der Waals surface area (Å²) in [5, 5.41) is 6.59. The topological polar surface area (TPSA) is 82.5 Å². The first kappa shape index (κ1) is 19.7. The molecule has 1 aliphatic heterocycles. The standard InChI is InChI=1S/C18H18F3N3O4/c1-10-7-15(18(19,20)21)24-16(22-10)8-13(23-24)17(26)28-9-14(25)11-3-5-12(27-2)6-4-11/h3-6,8,10,15,22H,7,9H2,1-2H3/t10-,15-/m1/s1. The summed E-state index contributed by atoms with van der Waals surface area (Å²) in [4.78, 5) is 24.3. The molecule has 0 fully saturated rings. The fraction of sp³-hybridized carbons (Fsp3) is 0.389. The molecule has 10 heteroatoms. The van der Waals surface area contributed by atoms with Crippen molar-refractivity contribution in [1.82, 2.24) is 9.78 Å². The minimum absolute atomic E-state index is 0.0782. The summed E-state index contributed by atoms with van der Waals surface area (Å²) in [6.07, 6.45) is -4.70. The molecule has 2 heterocycles. The molecule has 0 amide bonds. The normalized spacial score (nSPS) is 18.8. The smallest absolute Gasteiger partial charge is 0.410 e. The third kappa shape index (κ3) is 4.10. The molecule has 7 nitrogen and oxygen atoms in total. The summed E-state index contributed by atoms with van der Waals surface area (Å²) < 4.78 is 50.4. The highest BCUT2D eigenvalue weighted by Crippen LogP contribution is 2.39. The van der Waals surface area contributed by atoms with Crippen LogP contribution in [0.3, 0.4) is 0 Å². The Morgan fingerprint density at radius 1 is 1.29 bits per heavy atom. The van der Waals surface area contributed by atoms with Crippen LogP contribution >= 0.6 is 0 Å². The molecule has 150 valence electrons. The van der Waals surface area contributed by atoms with Gasteiger partial charge in [0.2, 0.25) is 0 Å². The Hall–Kier alpha value is -3.04. The van der Waals surface area contributed by atoms with Gasteiger partial charge in [0.15, 0.2) is 24.1 Å². The highest BCUT2D eigenvalue weighted by Gasteiger charge is 2.45. The second-order valence-corrected chi connectivity index (χ2v) is 6.43. The molecule has 0 saturated carbocycles. The summed E-state index contributed by atoms with van der Waals surface area (Å²) in [7, 11) is 1.49. The number of esters is 1. The van der Waals surface area contributed by atoms with E-state index in [9.17, 15) is 22.8 Å². The minimum Gasteiger partial charge on any atom is -0.497 e. The number of hydrogen-bond donors (Lipinski definition) is 1. The predicted molar refractivity (Wildman–Crippen MR) is 92.6 cm³/mol. The summed E-state index contributed by atoms with van der Waals surface area (Å²) in [6, 6.07) is 5.13. The molecule has 0 unspecified atom stereocenters. The van der Waals surface area contributed by atoms with E-state index < -0.39 is 36.6 Å². The summed E-state index contributed by atoms with van der Waals surface area (Å²) >= 11 is 0. The van der Waals surface area contributed by atoms with Crippen LogP contribution in [0.25, 0.3) is 0 Å². The molecular formula is C18H18F3N3O4.